The van der Waals surface area contributed by atoms with E-state index in [9.17, 15) is 0 Å². The lowest BCUT2D eigenvalue weighted by Gasteiger charge is -2.21. The molecule has 5 heteroatoms. The number of nitrogens with zero attached hydrogens (tertiary/aromatic N) is 2. The molecule has 0 spiro atoms. The SMILES string of the molecule is Cc1ccc(-c2nc(SC[C@@H]3CCCCO3)n[nH]2)cc1. The van der Waals surface area contributed by atoms with Gasteiger partial charge in [0.25, 0.3) is 0 Å². The molecule has 1 aliphatic heterocycles. The third-order valence-corrected chi connectivity index (χ3v) is 4.44. The number of hydrogen-bond donors (Lipinski definition) is 1. The van der Waals surface area contributed by atoms with Gasteiger partial charge in [0.2, 0.25) is 5.16 Å². The lowest BCUT2D eigenvalue weighted by molar-refractivity contribution is 0.0315. The summed E-state index contributed by atoms with van der Waals surface area (Å²) in [7, 11) is 0. The predicted octanol–water partition coefficient (Wildman–Crippen LogP) is 3.44. The Labute approximate surface area is 123 Å². The van der Waals surface area contributed by atoms with Crippen molar-refractivity contribution < 1.29 is 4.74 Å². The van der Waals surface area contributed by atoms with E-state index in [-0.39, 0.29) is 0 Å². The largest absolute Gasteiger partial charge is 0.377 e. The average Bonchev–Trinajstić information content (AvgIpc) is 2.96. The molecule has 0 aliphatic carbocycles. The van der Waals surface area contributed by atoms with Gasteiger partial charge in [-0.1, -0.05) is 41.6 Å². The molecule has 0 amide bonds. The van der Waals surface area contributed by atoms with Gasteiger partial charge in [-0.2, -0.15) is 0 Å². The molecule has 2 aromatic rings. The van der Waals surface area contributed by atoms with Gasteiger partial charge in [0.1, 0.15) is 0 Å². The van der Waals surface area contributed by atoms with E-state index >= 15 is 0 Å². The Kier molecular flexibility index (Phi) is 4.38. The number of thioether (sulfide) groups is 1. The maximum absolute atomic E-state index is 5.72. The maximum atomic E-state index is 5.72. The highest BCUT2D eigenvalue weighted by Gasteiger charge is 2.15. The normalized spacial score (nSPS) is 19.1. The van der Waals surface area contributed by atoms with Gasteiger partial charge in [0.05, 0.1) is 6.10 Å². The molecule has 2 heterocycles. The van der Waals surface area contributed by atoms with Crippen molar-refractivity contribution in [2.24, 2.45) is 0 Å². The molecule has 20 heavy (non-hydrogen) atoms. The van der Waals surface area contributed by atoms with Gasteiger partial charge < -0.3 is 4.74 Å². The van der Waals surface area contributed by atoms with Crippen molar-refractivity contribution in [2.75, 3.05) is 12.4 Å². The van der Waals surface area contributed by atoms with Gasteiger partial charge in [-0.15, -0.1) is 5.10 Å². The van der Waals surface area contributed by atoms with E-state index in [1.807, 2.05) is 0 Å². The molecule has 1 aliphatic rings. The highest BCUT2D eigenvalue weighted by molar-refractivity contribution is 7.99. The molecule has 1 aromatic carbocycles. The van der Waals surface area contributed by atoms with E-state index in [0.29, 0.717) is 6.10 Å². The van der Waals surface area contributed by atoms with Gasteiger partial charge in [-0.25, -0.2) is 4.98 Å². The average molecular weight is 289 g/mol. The molecule has 4 nitrogen and oxygen atoms in total. The Morgan fingerprint density at radius 3 is 2.90 bits per heavy atom. The summed E-state index contributed by atoms with van der Waals surface area (Å²) in [6, 6.07) is 8.30. The first-order valence-electron chi connectivity index (χ1n) is 7.05. The first-order chi connectivity index (χ1) is 9.81. The zero-order chi connectivity index (χ0) is 13.8. The van der Waals surface area contributed by atoms with Crippen LogP contribution >= 0.6 is 11.8 Å². The molecule has 1 atom stereocenters. The van der Waals surface area contributed by atoms with Crippen LogP contribution < -0.4 is 0 Å². The van der Waals surface area contributed by atoms with E-state index in [1.54, 1.807) is 11.8 Å². The van der Waals surface area contributed by atoms with Gasteiger partial charge in [0, 0.05) is 17.9 Å². The number of aromatic amines is 1. The number of hydrogen-bond acceptors (Lipinski definition) is 4. The summed E-state index contributed by atoms with van der Waals surface area (Å²) >= 11 is 1.67. The fraction of sp³-hybridized carbons (Fsp3) is 0.467. The Hall–Kier alpha value is -1.33. The molecule has 0 unspecified atom stereocenters. The maximum Gasteiger partial charge on any atom is 0.208 e. The molecule has 1 aromatic heterocycles. The van der Waals surface area contributed by atoms with Crippen molar-refractivity contribution in [2.45, 2.75) is 37.4 Å². The summed E-state index contributed by atoms with van der Waals surface area (Å²) in [5.41, 5.74) is 2.32. The number of ether oxygens (including phenoxy) is 1. The second-order valence-electron chi connectivity index (χ2n) is 5.13. The van der Waals surface area contributed by atoms with Crippen LogP contribution in [0.3, 0.4) is 0 Å². The zero-order valence-corrected chi connectivity index (χ0v) is 12.4. The van der Waals surface area contributed by atoms with Crippen LogP contribution in [-0.2, 0) is 4.74 Å². The Morgan fingerprint density at radius 2 is 2.15 bits per heavy atom. The minimum absolute atomic E-state index is 0.357. The second kappa shape index (κ2) is 6.41. The topological polar surface area (TPSA) is 50.8 Å². The molecule has 0 radical (unpaired) electrons. The quantitative estimate of drug-likeness (QED) is 0.876. The standard InChI is InChI=1S/C15H19N3OS/c1-11-5-7-12(8-6-11)14-16-15(18-17-14)20-10-13-4-2-3-9-19-13/h5-8,13H,2-4,9-10H2,1H3,(H,16,17,18)/t13-/m0/s1. The van der Waals surface area contributed by atoms with Crippen LogP contribution in [0.15, 0.2) is 29.4 Å². The third kappa shape index (κ3) is 3.41. The van der Waals surface area contributed by atoms with E-state index in [4.69, 9.17) is 4.74 Å². The van der Waals surface area contributed by atoms with E-state index in [2.05, 4.69) is 46.4 Å². The molecule has 1 fully saturated rings. The van der Waals surface area contributed by atoms with Crippen molar-refractivity contribution in [3.8, 4) is 11.4 Å². The number of benzene rings is 1. The summed E-state index contributed by atoms with van der Waals surface area (Å²) in [6.07, 6.45) is 3.98. The predicted molar refractivity (Wildman–Crippen MR) is 80.9 cm³/mol. The van der Waals surface area contributed by atoms with Crippen LogP contribution in [0, 0.1) is 6.92 Å². The summed E-state index contributed by atoms with van der Waals surface area (Å²) in [4.78, 5) is 4.54. The van der Waals surface area contributed by atoms with Gasteiger partial charge >= 0.3 is 0 Å². The van der Waals surface area contributed by atoms with Gasteiger partial charge in [-0.3, -0.25) is 5.10 Å². The van der Waals surface area contributed by atoms with Gasteiger partial charge in [0.15, 0.2) is 5.82 Å². The van der Waals surface area contributed by atoms with E-state index < -0.39 is 0 Å². The Bertz CT molecular complexity index is 547. The van der Waals surface area contributed by atoms with Crippen LogP contribution in [-0.4, -0.2) is 33.6 Å². The molecule has 106 valence electrons. The monoisotopic (exact) mass is 289 g/mol. The lowest BCUT2D eigenvalue weighted by Crippen LogP contribution is -2.21. The fourth-order valence-corrected chi connectivity index (χ4v) is 3.12. The van der Waals surface area contributed by atoms with Crippen molar-refractivity contribution in [3.05, 3.63) is 29.8 Å². The number of aryl methyl sites for hydroxylation is 1. The fourth-order valence-electron chi connectivity index (χ4n) is 2.26. The van der Waals surface area contributed by atoms with E-state index in [1.165, 1.54) is 18.4 Å². The first-order valence-corrected chi connectivity index (χ1v) is 8.04. The number of rotatable bonds is 4. The molecule has 3 rings (SSSR count). The minimum atomic E-state index is 0.357. The van der Waals surface area contributed by atoms with Gasteiger partial charge in [-0.05, 0) is 26.2 Å². The second-order valence-corrected chi connectivity index (χ2v) is 6.12. The molecular formula is C15H19N3OS. The third-order valence-electron chi connectivity index (χ3n) is 3.46. The van der Waals surface area contributed by atoms with Crippen LogP contribution in [0.5, 0.6) is 0 Å². The molecule has 0 bridgehead atoms. The minimum Gasteiger partial charge on any atom is -0.377 e. The zero-order valence-electron chi connectivity index (χ0n) is 11.6. The lowest BCUT2D eigenvalue weighted by atomic mass is 10.1. The van der Waals surface area contributed by atoms with Crippen molar-refractivity contribution in [1.29, 1.82) is 0 Å². The number of nitrogens with one attached hydrogen (secondary N) is 1. The van der Waals surface area contributed by atoms with Crippen molar-refractivity contribution >= 4 is 11.8 Å². The van der Waals surface area contributed by atoms with Crippen molar-refractivity contribution in [1.82, 2.24) is 15.2 Å². The Balaban J connectivity index is 1.60. The first kappa shape index (κ1) is 13.6. The van der Waals surface area contributed by atoms with Crippen LogP contribution in [0.2, 0.25) is 0 Å². The summed E-state index contributed by atoms with van der Waals surface area (Å²) < 4.78 is 5.72. The summed E-state index contributed by atoms with van der Waals surface area (Å²) in [5, 5.41) is 8.08. The molecular weight excluding hydrogens is 270 g/mol. The van der Waals surface area contributed by atoms with Crippen LogP contribution in [0.4, 0.5) is 0 Å². The summed E-state index contributed by atoms with van der Waals surface area (Å²) in [6.45, 7) is 2.98. The van der Waals surface area contributed by atoms with Crippen molar-refractivity contribution in [3.63, 3.8) is 0 Å². The highest BCUT2D eigenvalue weighted by Crippen LogP contribution is 2.23. The molecule has 1 saturated heterocycles. The molecule has 1 N–H and O–H groups in total. The summed E-state index contributed by atoms with van der Waals surface area (Å²) in [5.74, 6) is 1.77. The number of H-pyrrole nitrogens is 1. The van der Waals surface area contributed by atoms with Crippen LogP contribution in [0.25, 0.3) is 11.4 Å². The molecule has 0 saturated carbocycles. The van der Waals surface area contributed by atoms with E-state index in [0.717, 1.165) is 35.3 Å². The highest BCUT2D eigenvalue weighted by atomic mass is 32.2. The smallest absolute Gasteiger partial charge is 0.208 e. The van der Waals surface area contributed by atoms with Crippen LogP contribution in [0.1, 0.15) is 24.8 Å². The number of aromatic nitrogens is 3. The Morgan fingerprint density at radius 1 is 1.30 bits per heavy atom.